The summed E-state index contributed by atoms with van der Waals surface area (Å²) < 4.78 is 0. The third-order valence-electron chi connectivity index (χ3n) is 8.71. The van der Waals surface area contributed by atoms with Crippen molar-refractivity contribution in [1.82, 2.24) is 10.3 Å². The smallest absolute Gasteiger partial charge is 0.252 e. The minimum atomic E-state index is -0.271. The Hall–Kier alpha value is -2.89. The second-order valence-electron chi connectivity index (χ2n) is 11.3. The van der Waals surface area contributed by atoms with Gasteiger partial charge in [0.1, 0.15) is 11.5 Å². The highest BCUT2D eigenvalue weighted by Gasteiger charge is 2.58. The van der Waals surface area contributed by atoms with E-state index in [2.05, 4.69) is 38.0 Å². The summed E-state index contributed by atoms with van der Waals surface area (Å²) in [6.07, 6.45) is 7.31. The Morgan fingerprint density at radius 1 is 1.09 bits per heavy atom. The van der Waals surface area contributed by atoms with E-state index in [1.165, 1.54) is 18.2 Å². The topological polar surface area (TPSA) is 99.5 Å². The molecule has 1 amide bonds. The van der Waals surface area contributed by atoms with Crippen LogP contribution in [0.3, 0.4) is 0 Å². The highest BCUT2D eigenvalue weighted by molar-refractivity contribution is 5.99. The van der Waals surface area contributed by atoms with E-state index in [0.29, 0.717) is 23.6 Å². The molecule has 6 nitrogen and oxygen atoms in total. The number of aromatic nitrogens is 1. The number of pyridine rings is 1. The number of fused-ring (bicyclic) bond motifs is 1. The molecule has 2 saturated carbocycles. The predicted octanol–water partition coefficient (Wildman–Crippen LogP) is 5.21. The average molecular weight is 465 g/mol. The summed E-state index contributed by atoms with van der Waals surface area (Å²) in [6.45, 7) is 9.47. The number of carbonyl (C=O) groups is 2. The third-order valence-corrected chi connectivity index (χ3v) is 8.71. The number of phenolic OH excluding ortho intramolecular Hbond substituents is 2. The van der Waals surface area contributed by atoms with Gasteiger partial charge in [0.05, 0.1) is 5.56 Å². The van der Waals surface area contributed by atoms with Crippen LogP contribution >= 0.6 is 0 Å². The molecule has 6 heteroatoms. The molecule has 1 heterocycles. The fourth-order valence-corrected chi connectivity index (χ4v) is 7.06. The molecule has 4 rings (SSSR count). The van der Waals surface area contributed by atoms with Crippen molar-refractivity contribution in [1.29, 1.82) is 0 Å². The highest BCUT2D eigenvalue weighted by Crippen LogP contribution is 2.62. The summed E-state index contributed by atoms with van der Waals surface area (Å²) in [5.41, 5.74) is 0.760. The molecule has 0 saturated heterocycles. The number of nitrogens with one attached hydrogen (secondary N) is 1. The summed E-state index contributed by atoms with van der Waals surface area (Å²) in [5, 5.41) is 23.1. The van der Waals surface area contributed by atoms with E-state index in [4.69, 9.17) is 0 Å². The van der Waals surface area contributed by atoms with E-state index >= 15 is 0 Å². The van der Waals surface area contributed by atoms with Gasteiger partial charge in [0, 0.05) is 36.5 Å². The Morgan fingerprint density at radius 2 is 1.79 bits per heavy atom. The Balaban J connectivity index is 1.66. The van der Waals surface area contributed by atoms with E-state index in [9.17, 15) is 19.8 Å². The Morgan fingerprint density at radius 3 is 2.44 bits per heavy atom. The van der Waals surface area contributed by atoms with Crippen molar-refractivity contribution < 1.29 is 19.8 Å². The van der Waals surface area contributed by atoms with Crippen molar-refractivity contribution in [2.24, 2.45) is 34.5 Å². The molecule has 0 aliphatic heterocycles. The number of rotatable bonds is 5. The van der Waals surface area contributed by atoms with Crippen LogP contribution in [0.25, 0.3) is 0 Å². The van der Waals surface area contributed by atoms with Crippen LogP contribution in [0.5, 0.6) is 11.5 Å². The molecular weight excluding hydrogens is 428 g/mol. The third kappa shape index (κ3) is 4.42. The van der Waals surface area contributed by atoms with Gasteiger partial charge in [0.25, 0.3) is 5.91 Å². The van der Waals surface area contributed by atoms with Gasteiger partial charge in [-0.25, -0.2) is 0 Å². The normalized spacial score (nSPS) is 30.2. The van der Waals surface area contributed by atoms with Gasteiger partial charge in [0.2, 0.25) is 0 Å². The van der Waals surface area contributed by atoms with Crippen LogP contribution in [0.15, 0.2) is 42.7 Å². The predicted molar refractivity (Wildman–Crippen MR) is 131 cm³/mol. The molecule has 1 aromatic heterocycles. The highest BCUT2D eigenvalue weighted by atomic mass is 16.3. The molecule has 2 fully saturated rings. The van der Waals surface area contributed by atoms with Crippen LogP contribution < -0.4 is 5.32 Å². The molecular formula is C28H36N2O4. The van der Waals surface area contributed by atoms with Crippen LogP contribution in [0.2, 0.25) is 0 Å². The summed E-state index contributed by atoms with van der Waals surface area (Å²) in [5.74, 6) is -0.199. The van der Waals surface area contributed by atoms with Crippen LogP contribution in [-0.2, 0) is 0 Å². The average Bonchev–Trinajstić information content (AvgIpc) is 2.77. The molecule has 1 aromatic carbocycles. The number of ketones is 1. The fourth-order valence-electron chi connectivity index (χ4n) is 7.06. The molecule has 34 heavy (non-hydrogen) atoms. The van der Waals surface area contributed by atoms with Crippen molar-refractivity contribution in [3.63, 3.8) is 0 Å². The molecule has 2 aliphatic carbocycles. The molecule has 0 spiro atoms. The van der Waals surface area contributed by atoms with Crippen LogP contribution in [0.4, 0.5) is 0 Å². The van der Waals surface area contributed by atoms with Crippen molar-refractivity contribution in [2.75, 3.05) is 6.54 Å². The number of carbonyl (C=O) groups excluding carboxylic acids is 2. The lowest BCUT2D eigenvalue weighted by Crippen LogP contribution is -2.57. The minimum Gasteiger partial charge on any atom is -0.508 e. The van der Waals surface area contributed by atoms with Gasteiger partial charge in [-0.2, -0.15) is 0 Å². The summed E-state index contributed by atoms with van der Waals surface area (Å²) >= 11 is 0. The summed E-state index contributed by atoms with van der Waals surface area (Å²) in [7, 11) is 0. The molecule has 0 unspecified atom stereocenters. The van der Waals surface area contributed by atoms with Crippen LogP contribution in [-0.4, -0.2) is 33.4 Å². The van der Waals surface area contributed by atoms with E-state index < -0.39 is 0 Å². The molecule has 3 N–H and O–H groups in total. The van der Waals surface area contributed by atoms with Gasteiger partial charge in [-0.1, -0.05) is 34.1 Å². The number of Topliss-reactive ketones (excluding diaryl/α,β-unsaturated/α-hetero) is 1. The maximum atomic E-state index is 14.0. The second-order valence-corrected chi connectivity index (χ2v) is 11.3. The number of benzene rings is 1. The first-order chi connectivity index (χ1) is 16.0. The molecule has 2 aliphatic rings. The number of hydrogen-bond acceptors (Lipinski definition) is 5. The zero-order valence-electron chi connectivity index (χ0n) is 20.5. The van der Waals surface area contributed by atoms with Gasteiger partial charge < -0.3 is 15.5 Å². The number of nitrogens with zero attached hydrogens (tertiary/aromatic N) is 1. The van der Waals surface area contributed by atoms with E-state index in [-0.39, 0.29) is 51.8 Å². The first-order valence-electron chi connectivity index (χ1n) is 12.3. The van der Waals surface area contributed by atoms with Crippen molar-refractivity contribution in [3.05, 3.63) is 53.9 Å². The van der Waals surface area contributed by atoms with Gasteiger partial charge in [-0.05, 0) is 72.1 Å². The van der Waals surface area contributed by atoms with Gasteiger partial charge in [0.15, 0.2) is 5.78 Å². The molecule has 0 radical (unpaired) electrons. The number of amides is 1. The lowest BCUT2D eigenvalue weighted by Gasteiger charge is -2.60. The molecule has 5 atom stereocenters. The van der Waals surface area contributed by atoms with E-state index in [0.717, 1.165) is 25.7 Å². The lowest BCUT2D eigenvalue weighted by atomic mass is 9.44. The Bertz CT molecular complexity index is 1050. The van der Waals surface area contributed by atoms with Crippen molar-refractivity contribution in [3.8, 4) is 11.5 Å². The largest absolute Gasteiger partial charge is 0.508 e. The summed E-state index contributed by atoms with van der Waals surface area (Å²) in [6, 6.07) is 7.64. The maximum absolute atomic E-state index is 14.0. The lowest BCUT2D eigenvalue weighted by molar-refractivity contribution is -0.101. The zero-order chi connectivity index (χ0) is 24.7. The SMILES string of the molecule is C[C@@H]1[C@@H](CNC(=O)c2cccnc2)C[C@H]2C(C)(C)CCC[C@]2(C)[C@H]1C(=O)c1cc(O)cc(O)c1. The molecule has 0 bridgehead atoms. The Labute approximate surface area is 201 Å². The zero-order valence-corrected chi connectivity index (χ0v) is 20.5. The van der Waals surface area contributed by atoms with Gasteiger partial charge in [-0.3, -0.25) is 14.6 Å². The number of hydrogen-bond donors (Lipinski definition) is 3. The number of phenols is 2. The maximum Gasteiger partial charge on any atom is 0.252 e. The van der Waals surface area contributed by atoms with Crippen molar-refractivity contribution >= 4 is 11.7 Å². The van der Waals surface area contributed by atoms with Crippen molar-refractivity contribution in [2.45, 2.75) is 53.4 Å². The van der Waals surface area contributed by atoms with Gasteiger partial charge in [-0.15, -0.1) is 0 Å². The van der Waals surface area contributed by atoms with Crippen LogP contribution in [0.1, 0.15) is 74.1 Å². The van der Waals surface area contributed by atoms with Gasteiger partial charge >= 0.3 is 0 Å². The first-order valence-corrected chi connectivity index (χ1v) is 12.3. The second kappa shape index (κ2) is 9.05. The van der Waals surface area contributed by atoms with E-state index in [1.54, 1.807) is 24.5 Å². The van der Waals surface area contributed by atoms with Crippen LogP contribution in [0, 0.1) is 34.5 Å². The van der Waals surface area contributed by atoms with E-state index in [1.807, 2.05) is 0 Å². The first kappa shape index (κ1) is 24.2. The minimum absolute atomic E-state index is 0.0290. The monoisotopic (exact) mass is 464 g/mol. The Kier molecular flexibility index (Phi) is 6.45. The molecule has 2 aromatic rings. The summed E-state index contributed by atoms with van der Waals surface area (Å²) in [4.78, 5) is 30.7. The quantitative estimate of drug-likeness (QED) is 0.528. The fraction of sp³-hybridized carbons (Fsp3) is 0.536. The standard InChI is InChI=1S/C28H36N2O4/c1-17-20(16-30-26(34)18-7-5-10-29-15-18)13-23-27(2,3)8-6-9-28(23,4)24(17)25(33)19-11-21(31)14-22(32)12-19/h5,7,10-12,14-15,17,20,23-24,31-32H,6,8-9,13,16H2,1-4H3,(H,30,34)/t17-,20-,23+,24-,28+/m1/s1. The molecule has 182 valence electrons. The number of aromatic hydroxyl groups is 2.